The van der Waals surface area contributed by atoms with Crippen LogP contribution < -0.4 is 5.32 Å². The number of amides is 1. The second-order valence-electron chi connectivity index (χ2n) is 4.21. The maximum Gasteiger partial charge on any atom is 0.257 e. The number of aliphatic hydroxyl groups excluding tert-OH is 1. The third-order valence-electron chi connectivity index (χ3n) is 2.89. The molecule has 19 heavy (non-hydrogen) atoms. The van der Waals surface area contributed by atoms with Crippen LogP contribution in [0.5, 0.6) is 0 Å². The van der Waals surface area contributed by atoms with E-state index in [1.807, 2.05) is 25.1 Å². The fraction of sp³-hybridized carbons (Fsp3) is 0.133. The van der Waals surface area contributed by atoms with Gasteiger partial charge in [0.15, 0.2) is 6.10 Å². The van der Waals surface area contributed by atoms with Gasteiger partial charge in [0.2, 0.25) is 0 Å². The number of rotatable bonds is 3. The second-order valence-corrected chi connectivity index (χ2v) is 5.07. The number of halogens is 1. The third-order valence-corrected chi connectivity index (χ3v) is 3.75. The molecule has 2 aromatic carbocycles. The summed E-state index contributed by atoms with van der Waals surface area (Å²) in [6.07, 6.45) is -1.17. The lowest BCUT2D eigenvalue weighted by Gasteiger charge is -2.13. The van der Waals surface area contributed by atoms with E-state index in [9.17, 15) is 9.90 Å². The number of hydrogen-bond donors (Lipinski definition) is 2. The van der Waals surface area contributed by atoms with Crippen LogP contribution >= 0.6 is 15.9 Å². The largest absolute Gasteiger partial charge is 0.378 e. The summed E-state index contributed by atoms with van der Waals surface area (Å²) in [6.45, 7) is 1.90. The Hall–Kier alpha value is -1.65. The SMILES string of the molecule is Cc1c(Br)cccc1NC(=O)C(O)c1ccccc1. The van der Waals surface area contributed by atoms with Crippen molar-refractivity contribution in [2.24, 2.45) is 0 Å². The van der Waals surface area contributed by atoms with Crippen molar-refractivity contribution in [2.75, 3.05) is 5.32 Å². The Kier molecular flexibility index (Phi) is 4.35. The Morgan fingerprint density at radius 3 is 2.53 bits per heavy atom. The monoisotopic (exact) mass is 319 g/mol. The summed E-state index contributed by atoms with van der Waals surface area (Å²) >= 11 is 3.40. The summed E-state index contributed by atoms with van der Waals surface area (Å²) in [5.41, 5.74) is 2.19. The molecular weight excluding hydrogens is 306 g/mol. The molecule has 2 rings (SSSR count). The minimum absolute atomic E-state index is 0.438. The van der Waals surface area contributed by atoms with Crippen molar-refractivity contribution in [3.05, 3.63) is 64.1 Å². The molecule has 0 aromatic heterocycles. The molecule has 3 nitrogen and oxygen atoms in total. The average Bonchev–Trinajstić information content (AvgIpc) is 2.44. The summed E-state index contributed by atoms with van der Waals surface area (Å²) < 4.78 is 0.916. The molecule has 1 atom stereocenters. The summed E-state index contributed by atoms with van der Waals surface area (Å²) in [5.74, 6) is -0.438. The number of benzene rings is 2. The Labute approximate surface area is 120 Å². The van der Waals surface area contributed by atoms with E-state index in [2.05, 4.69) is 21.2 Å². The Morgan fingerprint density at radius 1 is 1.16 bits per heavy atom. The molecule has 0 radical (unpaired) electrons. The van der Waals surface area contributed by atoms with E-state index in [1.54, 1.807) is 30.3 Å². The molecule has 2 N–H and O–H groups in total. The molecule has 0 aliphatic carbocycles. The third kappa shape index (κ3) is 3.22. The number of anilines is 1. The normalized spacial score (nSPS) is 11.9. The van der Waals surface area contributed by atoms with Gasteiger partial charge in [-0.05, 0) is 30.2 Å². The van der Waals surface area contributed by atoms with Crippen molar-refractivity contribution in [3.63, 3.8) is 0 Å². The molecule has 0 saturated carbocycles. The van der Waals surface area contributed by atoms with Gasteiger partial charge >= 0.3 is 0 Å². The van der Waals surface area contributed by atoms with Crippen LogP contribution in [0.2, 0.25) is 0 Å². The molecule has 0 aliphatic rings. The molecule has 1 unspecified atom stereocenters. The van der Waals surface area contributed by atoms with Crippen LogP contribution in [-0.4, -0.2) is 11.0 Å². The van der Waals surface area contributed by atoms with E-state index in [0.29, 0.717) is 11.3 Å². The van der Waals surface area contributed by atoms with Crippen LogP contribution in [0.3, 0.4) is 0 Å². The van der Waals surface area contributed by atoms with Gasteiger partial charge in [0.25, 0.3) is 5.91 Å². The highest BCUT2D eigenvalue weighted by molar-refractivity contribution is 9.10. The van der Waals surface area contributed by atoms with Crippen molar-refractivity contribution in [2.45, 2.75) is 13.0 Å². The number of carbonyl (C=O) groups is 1. The summed E-state index contributed by atoms with van der Waals surface area (Å²) in [4.78, 5) is 12.0. The van der Waals surface area contributed by atoms with E-state index >= 15 is 0 Å². The highest BCUT2D eigenvalue weighted by atomic mass is 79.9. The predicted molar refractivity (Wildman–Crippen MR) is 78.9 cm³/mol. The van der Waals surface area contributed by atoms with Gasteiger partial charge in [0.1, 0.15) is 0 Å². The van der Waals surface area contributed by atoms with Crippen molar-refractivity contribution in [3.8, 4) is 0 Å². The molecule has 0 aliphatic heterocycles. The Morgan fingerprint density at radius 2 is 1.84 bits per heavy atom. The van der Waals surface area contributed by atoms with Gasteiger partial charge in [-0.3, -0.25) is 4.79 Å². The van der Waals surface area contributed by atoms with Crippen LogP contribution in [0, 0.1) is 6.92 Å². The molecule has 0 heterocycles. The zero-order chi connectivity index (χ0) is 13.8. The van der Waals surface area contributed by atoms with E-state index < -0.39 is 12.0 Å². The van der Waals surface area contributed by atoms with Gasteiger partial charge in [-0.15, -0.1) is 0 Å². The van der Waals surface area contributed by atoms with Crippen LogP contribution in [0.1, 0.15) is 17.2 Å². The lowest BCUT2D eigenvalue weighted by molar-refractivity contribution is -0.124. The number of aliphatic hydroxyl groups is 1. The van der Waals surface area contributed by atoms with E-state index in [-0.39, 0.29) is 0 Å². The van der Waals surface area contributed by atoms with Crippen molar-refractivity contribution >= 4 is 27.5 Å². The lowest BCUT2D eigenvalue weighted by Crippen LogP contribution is -2.21. The van der Waals surface area contributed by atoms with Crippen molar-refractivity contribution < 1.29 is 9.90 Å². The topological polar surface area (TPSA) is 49.3 Å². The molecular formula is C15H14BrNO2. The molecule has 98 valence electrons. The van der Waals surface area contributed by atoms with Gasteiger partial charge in [-0.1, -0.05) is 52.3 Å². The first kappa shape index (κ1) is 13.8. The quantitative estimate of drug-likeness (QED) is 0.910. The first-order valence-electron chi connectivity index (χ1n) is 5.88. The van der Waals surface area contributed by atoms with Crippen molar-refractivity contribution in [1.82, 2.24) is 0 Å². The van der Waals surface area contributed by atoms with Gasteiger partial charge in [0.05, 0.1) is 0 Å². The highest BCUT2D eigenvalue weighted by Crippen LogP contribution is 2.24. The number of nitrogens with one attached hydrogen (secondary N) is 1. The van der Waals surface area contributed by atoms with Gasteiger partial charge in [0, 0.05) is 10.2 Å². The number of carbonyl (C=O) groups excluding carboxylic acids is 1. The maximum atomic E-state index is 12.0. The zero-order valence-corrected chi connectivity index (χ0v) is 12.0. The first-order chi connectivity index (χ1) is 9.09. The fourth-order valence-corrected chi connectivity index (χ4v) is 2.10. The smallest absolute Gasteiger partial charge is 0.257 e. The zero-order valence-electron chi connectivity index (χ0n) is 10.4. The fourth-order valence-electron chi connectivity index (χ4n) is 1.73. The minimum Gasteiger partial charge on any atom is -0.378 e. The van der Waals surface area contributed by atoms with E-state index in [0.717, 1.165) is 10.0 Å². The molecule has 2 aromatic rings. The molecule has 4 heteroatoms. The van der Waals surface area contributed by atoms with Gasteiger partial charge < -0.3 is 10.4 Å². The van der Waals surface area contributed by atoms with E-state index in [1.165, 1.54) is 0 Å². The average molecular weight is 320 g/mol. The summed E-state index contributed by atoms with van der Waals surface area (Å²) in [6, 6.07) is 14.4. The molecule has 0 spiro atoms. The highest BCUT2D eigenvalue weighted by Gasteiger charge is 2.17. The Bertz CT molecular complexity index is 584. The van der Waals surface area contributed by atoms with E-state index in [4.69, 9.17) is 0 Å². The first-order valence-corrected chi connectivity index (χ1v) is 6.68. The molecule has 0 bridgehead atoms. The standard InChI is InChI=1S/C15H14BrNO2/c1-10-12(16)8-5-9-13(10)17-15(19)14(18)11-6-3-2-4-7-11/h2-9,14,18H,1H3,(H,17,19). The minimum atomic E-state index is -1.17. The van der Waals surface area contributed by atoms with Gasteiger partial charge in [-0.2, -0.15) is 0 Å². The molecule has 1 amide bonds. The molecule has 0 fully saturated rings. The summed E-state index contributed by atoms with van der Waals surface area (Å²) in [7, 11) is 0. The Balaban J connectivity index is 2.15. The second kappa shape index (κ2) is 5.99. The van der Waals surface area contributed by atoms with Crippen LogP contribution in [0.15, 0.2) is 53.0 Å². The number of hydrogen-bond acceptors (Lipinski definition) is 2. The molecule has 0 saturated heterocycles. The van der Waals surface area contributed by atoms with Crippen LogP contribution in [0.4, 0.5) is 5.69 Å². The summed E-state index contributed by atoms with van der Waals surface area (Å²) in [5, 5.41) is 12.7. The van der Waals surface area contributed by atoms with Crippen LogP contribution in [-0.2, 0) is 4.79 Å². The maximum absolute atomic E-state index is 12.0. The van der Waals surface area contributed by atoms with Crippen LogP contribution in [0.25, 0.3) is 0 Å². The van der Waals surface area contributed by atoms with Crippen molar-refractivity contribution in [1.29, 1.82) is 0 Å². The predicted octanol–water partition coefficient (Wildman–Crippen LogP) is 3.43. The van der Waals surface area contributed by atoms with Gasteiger partial charge in [-0.25, -0.2) is 0 Å². The lowest BCUT2D eigenvalue weighted by atomic mass is 10.1.